The predicted molar refractivity (Wildman–Crippen MR) is 77.5 cm³/mol. The summed E-state index contributed by atoms with van der Waals surface area (Å²) in [6.07, 6.45) is 1.27. The largest absolute Gasteiger partial charge is 0.481 e. The van der Waals surface area contributed by atoms with Crippen LogP contribution in [0.3, 0.4) is 0 Å². The third-order valence-corrected chi connectivity index (χ3v) is 2.94. The van der Waals surface area contributed by atoms with Crippen molar-refractivity contribution in [3.05, 3.63) is 35.4 Å². The molecule has 0 fully saturated rings. The molecule has 0 bridgehead atoms. The molecule has 0 aliphatic carbocycles. The number of benzene rings is 1. The number of nitriles is 1. The summed E-state index contributed by atoms with van der Waals surface area (Å²) in [6.45, 7) is 2.21. The van der Waals surface area contributed by atoms with Crippen molar-refractivity contribution in [1.82, 2.24) is 10.6 Å². The number of hydrogen-bond donors (Lipinski definition) is 3. The molecule has 0 aliphatic rings. The van der Waals surface area contributed by atoms with Gasteiger partial charge in [-0.25, -0.2) is 4.79 Å². The molecule has 0 saturated heterocycles. The average molecular weight is 289 g/mol. The van der Waals surface area contributed by atoms with Crippen LogP contribution in [0.25, 0.3) is 0 Å². The number of carboxylic acid groups (broad SMARTS) is 1. The highest BCUT2D eigenvalue weighted by atomic mass is 16.4. The number of rotatable bonds is 7. The van der Waals surface area contributed by atoms with E-state index >= 15 is 0 Å². The number of aliphatic carboxylic acids is 1. The van der Waals surface area contributed by atoms with Crippen LogP contribution in [0.1, 0.15) is 37.3 Å². The summed E-state index contributed by atoms with van der Waals surface area (Å²) in [6, 6.07) is 8.63. The van der Waals surface area contributed by atoms with Crippen LogP contribution in [0.2, 0.25) is 0 Å². The van der Waals surface area contributed by atoms with Gasteiger partial charge in [-0.3, -0.25) is 4.79 Å². The molecule has 21 heavy (non-hydrogen) atoms. The first-order chi connectivity index (χ1) is 10.0. The van der Waals surface area contributed by atoms with Crippen LogP contribution in [-0.2, 0) is 11.3 Å². The SMILES string of the molecule is CC(CCCC(=O)O)NC(=O)NCc1ccc(C#N)cc1. The van der Waals surface area contributed by atoms with Crippen molar-refractivity contribution in [2.75, 3.05) is 0 Å². The van der Waals surface area contributed by atoms with Crippen molar-refractivity contribution in [3.8, 4) is 6.07 Å². The smallest absolute Gasteiger partial charge is 0.315 e. The lowest BCUT2D eigenvalue weighted by atomic mass is 10.1. The minimum Gasteiger partial charge on any atom is -0.481 e. The first kappa shape index (κ1) is 16.5. The van der Waals surface area contributed by atoms with Crippen LogP contribution in [0.4, 0.5) is 4.79 Å². The van der Waals surface area contributed by atoms with E-state index in [-0.39, 0.29) is 18.5 Å². The van der Waals surface area contributed by atoms with E-state index in [1.807, 2.05) is 13.0 Å². The maximum Gasteiger partial charge on any atom is 0.315 e. The Kier molecular flexibility index (Phi) is 6.75. The Morgan fingerprint density at radius 2 is 2.00 bits per heavy atom. The topological polar surface area (TPSA) is 102 Å². The fourth-order valence-electron chi connectivity index (χ4n) is 1.79. The molecule has 0 spiro atoms. The Labute approximate surface area is 123 Å². The van der Waals surface area contributed by atoms with E-state index in [4.69, 9.17) is 10.4 Å². The minimum absolute atomic E-state index is 0.0784. The predicted octanol–water partition coefficient (Wildman–Crippen LogP) is 2.00. The van der Waals surface area contributed by atoms with Crippen molar-refractivity contribution < 1.29 is 14.7 Å². The number of nitrogens with zero attached hydrogens (tertiary/aromatic N) is 1. The lowest BCUT2D eigenvalue weighted by Crippen LogP contribution is -2.40. The maximum absolute atomic E-state index is 11.7. The third-order valence-electron chi connectivity index (χ3n) is 2.94. The Morgan fingerprint density at radius 1 is 1.33 bits per heavy atom. The molecule has 6 heteroatoms. The van der Waals surface area contributed by atoms with E-state index in [1.54, 1.807) is 24.3 Å². The van der Waals surface area contributed by atoms with Crippen LogP contribution in [0, 0.1) is 11.3 Å². The zero-order chi connectivity index (χ0) is 15.7. The van der Waals surface area contributed by atoms with Gasteiger partial charge in [0.15, 0.2) is 0 Å². The highest BCUT2D eigenvalue weighted by Gasteiger charge is 2.07. The van der Waals surface area contributed by atoms with E-state index in [0.29, 0.717) is 24.9 Å². The molecular weight excluding hydrogens is 270 g/mol. The second-order valence-electron chi connectivity index (χ2n) is 4.82. The summed E-state index contributed by atoms with van der Waals surface area (Å²) < 4.78 is 0. The van der Waals surface area contributed by atoms with Gasteiger partial charge in [0.25, 0.3) is 0 Å². The Hall–Kier alpha value is -2.55. The number of carbonyl (C=O) groups excluding carboxylic acids is 1. The lowest BCUT2D eigenvalue weighted by Gasteiger charge is -2.14. The molecule has 2 amide bonds. The van der Waals surface area contributed by atoms with Gasteiger partial charge in [-0.05, 0) is 37.5 Å². The molecule has 0 radical (unpaired) electrons. The molecule has 0 heterocycles. The van der Waals surface area contributed by atoms with Crippen LogP contribution >= 0.6 is 0 Å². The zero-order valence-electron chi connectivity index (χ0n) is 11.9. The van der Waals surface area contributed by atoms with Crippen molar-refractivity contribution in [2.45, 2.75) is 38.8 Å². The van der Waals surface area contributed by atoms with Crippen molar-refractivity contribution >= 4 is 12.0 Å². The minimum atomic E-state index is -0.826. The second-order valence-corrected chi connectivity index (χ2v) is 4.82. The standard InChI is InChI=1S/C15H19N3O3/c1-11(3-2-4-14(19)20)18-15(21)17-10-13-7-5-12(9-16)6-8-13/h5-8,11H,2-4,10H2,1H3,(H,19,20)(H2,17,18,21). The molecular formula is C15H19N3O3. The molecule has 0 aromatic heterocycles. The van der Waals surface area contributed by atoms with Gasteiger partial charge in [0.1, 0.15) is 0 Å². The van der Waals surface area contributed by atoms with Crippen molar-refractivity contribution in [1.29, 1.82) is 5.26 Å². The van der Waals surface area contributed by atoms with Crippen molar-refractivity contribution in [3.63, 3.8) is 0 Å². The number of urea groups is 1. The summed E-state index contributed by atoms with van der Waals surface area (Å²) in [4.78, 5) is 22.0. The van der Waals surface area contributed by atoms with Gasteiger partial charge < -0.3 is 15.7 Å². The highest BCUT2D eigenvalue weighted by Crippen LogP contribution is 2.03. The molecule has 1 aromatic rings. The van der Waals surface area contributed by atoms with E-state index in [2.05, 4.69) is 10.6 Å². The number of carbonyl (C=O) groups is 2. The monoisotopic (exact) mass is 289 g/mol. The number of carboxylic acids is 1. The first-order valence-corrected chi connectivity index (χ1v) is 6.76. The van der Waals surface area contributed by atoms with Gasteiger partial charge >= 0.3 is 12.0 Å². The zero-order valence-corrected chi connectivity index (χ0v) is 11.9. The second kappa shape index (κ2) is 8.59. The molecule has 1 atom stereocenters. The van der Waals surface area contributed by atoms with Crippen molar-refractivity contribution in [2.24, 2.45) is 0 Å². The molecule has 0 saturated carbocycles. The molecule has 112 valence electrons. The fraction of sp³-hybridized carbons (Fsp3) is 0.400. The molecule has 6 nitrogen and oxygen atoms in total. The Bertz CT molecular complexity index is 520. The van der Waals surface area contributed by atoms with E-state index in [0.717, 1.165) is 5.56 Å². The van der Waals surface area contributed by atoms with Crippen LogP contribution in [-0.4, -0.2) is 23.1 Å². The summed E-state index contributed by atoms with van der Waals surface area (Å²) in [7, 11) is 0. The van der Waals surface area contributed by atoms with Gasteiger partial charge in [0, 0.05) is 19.0 Å². The van der Waals surface area contributed by atoms with E-state index in [9.17, 15) is 9.59 Å². The Balaban J connectivity index is 2.26. The highest BCUT2D eigenvalue weighted by molar-refractivity contribution is 5.74. The summed E-state index contributed by atoms with van der Waals surface area (Å²) >= 11 is 0. The van der Waals surface area contributed by atoms with Gasteiger partial charge in [-0.1, -0.05) is 12.1 Å². The van der Waals surface area contributed by atoms with E-state index < -0.39 is 5.97 Å². The number of amides is 2. The van der Waals surface area contributed by atoms with Crippen LogP contribution < -0.4 is 10.6 Å². The van der Waals surface area contributed by atoms with E-state index in [1.165, 1.54) is 0 Å². The van der Waals surface area contributed by atoms with Gasteiger partial charge in [-0.2, -0.15) is 5.26 Å². The van der Waals surface area contributed by atoms with Crippen LogP contribution in [0.5, 0.6) is 0 Å². The molecule has 1 unspecified atom stereocenters. The maximum atomic E-state index is 11.7. The van der Waals surface area contributed by atoms with Gasteiger partial charge in [0.2, 0.25) is 0 Å². The third kappa shape index (κ3) is 6.97. The summed E-state index contributed by atoms with van der Waals surface area (Å²) in [5, 5.41) is 22.7. The number of nitrogens with one attached hydrogen (secondary N) is 2. The fourth-order valence-corrected chi connectivity index (χ4v) is 1.79. The van der Waals surface area contributed by atoms with Gasteiger partial charge in [-0.15, -0.1) is 0 Å². The summed E-state index contributed by atoms with van der Waals surface area (Å²) in [5.74, 6) is -0.826. The molecule has 1 aromatic carbocycles. The van der Waals surface area contributed by atoms with Gasteiger partial charge in [0.05, 0.1) is 11.6 Å². The normalized spacial score (nSPS) is 11.2. The quantitative estimate of drug-likeness (QED) is 0.714. The van der Waals surface area contributed by atoms with Crippen LogP contribution in [0.15, 0.2) is 24.3 Å². The Morgan fingerprint density at radius 3 is 2.57 bits per heavy atom. The summed E-state index contributed by atoms with van der Waals surface area (Å²) in [5.41, 5.74) is 1.48. The lowest BCUT2D eigenvalue weighted by molar-refractivity contribution is -0.137. The molecule has 1 rings (SSSR count). The molecule has 3 N–H and O–H groups in total. The molecule has 0 aliphatic heterocycles. The average Bonchev–Trinajstić information content (AvgIpc) is 2.45. The number of hydrogen-bond acceptors (Lipinski definition) is 3. The first-order valence-electron chi connectivity index (χ1n) is 6.76.